The van der Waals surface area contributed by atoms with Crippen LogP contribution in [0, 0.1) is 18.8 Å². The zero-order chi connectivity index (χ0) is 76.0. The Morgan fingerprint density at radius 1 is 0.509 bits per heavy atom. The van der Waals surface area contributed by atoms with Gasteiger partial charge in [-0.1, -0.05) is 65.5 Å². The number of fused-ring (bicyclic) bond motifs is 3. The average Bonchev–Trinajstić information content (AvgIpc) is 1.63. The van der Waals surface area contributed by atoms with Crippen LogP contribution in [0.2, 0.25) is 0 Å². The Labute approximate surface area is 644 Å². The lowest BCUT2D eigenvalue weighted by Gasteiger charge is -2.40. The van der Waals surface area contributed by atoms with Crippen LogP contribution in [0.4, 0.5) is 17.8 Å². The normalized spacial score (nSPS) is 25.8. The quantitative estimate of drug-likeness (QED) is 0.0276. The number of ether oxygens (including phenoxy) is 1. The molecule has 5 saturated carbocycles. The fourth-order valence-corrected chi connectivity index (χ4v) is 19.7. The number of pyridine rings is 1. The molecule has 592 valence electrons. The zero-order valence-corrected chi connectivity index (χ0v) is 67.4. The van der Waals surface area contributed by atoms with Gasteiger partial charge in [0, 0.05) is 128 Å². The van der Waals surface area contributed by atoms with E-state index in [2.05, 4.69) is 128 Å². The molecule has 0 aromatic carbocycles. The summed E-state index contributed by atoms with van der Waals surface area (Å²) < 4.78 is 35.4. The van der Waals surface area contributed by atoms with Gasteiger partial charge in [0.15, 0.2) is 9.84 Å². The molecule has 23 heteroatoms. The second-order valence-corrected chi connectivity index (χ2v) is 35.8. The van der Waals surface area contributed by atoms with Gasteiger partial charge in [0.05, 0.1) is 71.6 Å². The molecule has 7 aromatic heterocycles. The van der Waals surface area contributed by atoms with Crippen molar-refractivity contribution in [3.05, 3.63) is 114 Å². The second-order valence-electron chi connectivity index (χ2n) is 33.5. The van der Waals surface area contributed by atoms with Crippen molar-refractivity contribution in [2.75, 3.05) is 87.5 Å². The fraction of sp³-hybridized carbons (Fsp3) is 0.682. The number of piperazine rings is 1. The Hall–Kier alpha value is -6.76. The lowest BCUT2D eigenvalue weighted by molar-refractivity contribution is 0.121. The number of aromatic nitrogens is 10. The van der Waals surface area contributed by atoms with E-state index in [-0.39, 0.29) is 35.9 Å². The Bertz CT molecular complexity index is 4130. The smallest absolute Gasteiger partial charge is 0.241 e. The van der Waals surface area contributed by atoms with E-state index in [1.165, 1.54) is 104 Å². The minimum atomic E-state index is -2.89. The minimum Gasteiger partial charge on any atom is -0.393 e. The summed E-state index contributed by atoms with van der Waals surface area (Å²) in [5.41, 5.74) is 15.6. The maximum absolute atomic E-state index is 11.9. The van der Waals surface area contributed by atoms with Gasteiger partial charge in [-0.15, -0.1) is 15.3 Å². The van der Waals surface area contributed by atoms with Crippen LogP contribution in [0.5, 0.6) is 0 Å². The first-order valence-electron chi connectivity index (χ1n) is 41.9. The van der Waals surface area contributed by atoms with Crippen LogP contribution in [0.3, 0.4) is 0 Å². The number of hydrogen-bond donors (Lipinski definition) is 6. The van der Waals surface area contributed by atoms with Crippen LogP contribution in [-0.4, -0.2) is 195 Å². The molecule has 14 rings (SSSR count). The Kier molecular flexibility index (Phi) is 28.4. The van der Waals surface area contributed by atoms with Crippen molar-refractivity contribution in [2.45, 2.75) is 287 Å². The van der Waals surface area contributed by atoms with Gasteiger partial charge in [-0.05, 0) is 247 Å². The molecular formula is C85H130N16O6S. The minimum absolute atomic E-state index is 0.114. The average molecular weight is 1500 g/mol. The number of methoxy groups -OCH3 is 1. The number of likely N-dealkylation sites (N-methyl/N-ethyl adjacent to an activating group) is 1. The van der Waals surface area contributed by atoms with Crippen LogP contribution < -0.4 is 16.0 Å². The highest BCUT2D eigenvalue weighted by atomic mass is 32.2. The summed E-state index contributed by atoms with van der Waals surface area (Å²) in [6.45, 7) is 28.2. The number of rotatable bonds is 26. The monoisotopic (exact) mass is 1500 g/mol. The van der Waals surface area contributed by atoms with Crippen molar-refractivity contribution in [1.82, 2.24) is 63.5 Å². The summed E-state index contributed by atoms with van der Waals surface area (Å²) in [6.07, 6.45) is 37.3. The zero-order valence-electron chi connectivity index (χ0n) is 66.6. The molecule has 3 atom stereocenters. The number of nitrogens with one attached hydrogen (secondary N) is 3. The molecule has 0 bridgehead atoms. The highest BCUT2D eigenvalue weighted by Crippen LogP contribution is 2.47. The first kappa shape index (κ1) is 80.7. The third kappa shape index (κ3) is 20.7. The van der Waals surface area contributed by atoms with Gasteiger partial charge in [0.1, 0.15) is 0 Å². The topological polar surface area (TPSA) is 253 Å². The number of nitrogens with zero attached hydrogens (tertiary/aromatic N) is 13. The number of aliphatic hydroxyl groups is 3. The maximum Gasteiger partial charge on any atom is 0.241 e. The molecule has 22 nitrogen and oxygen atoms in total. The molecule has 0 amide bonds. The molecule has 7 fully saturated rings. The standard InChI is InChI=1S/C32H52N6O.C31H49N5O3S.C22H29N5O2/c1-5-6-7-8-23(2)34-32-33-22-31-29(21-30(38(31)35-32)27-13-15-28(39)16-14-27)26-11-9-25(10-12-26)24(3)37-19-17-36(4)18-20-37;1-4-5-6-7-22(2)33-31-32-21-30-28(20-29(36(30)34-31)26-12-14-27(37)15-13-26)25-10-8-24(9-11-25)23(3)35-16-18-40(38,39)19-17-35;1-14-10-17(8-9-23-14)19-11-20(16-4-6-18(28)7-5-16)27-21(19)12-24-22(26-27)25-15(2)13-29-3/h21-23,25-28,39H,3,5-20H2,1-2,4H3,(H,34,35);20-22,24-27,37H,3-19H2,1-2H3,(H,33,34);8-12,15-16,18,28H,4-7,13H2,1-3H3,(H,25,26)/t23-,25?,26?,27?,28?;22-,24?,25?,26?,27?;15-,16?,18?/m000/s1. The highest BCUT2D eigenvalue weighted by Gasteiger charge is 2.36. The highest BCUT2D eigenvalue weighted by molar-refractivity contribution is 7.91. The van der Waals surface area contributed by atoms with Gasteiger partial charge in [0.2, 0.25) is 17.8 Å². The van der Waals surface area contributed by atoms with E-state index in [4.69, 9.17) is 30.0 Å². The number of sulfone groups is 1. The molecule has 0 spiro atoms. The van der Waals surface area contributed by atoms with E-state index in [0.717, 1.165) is 181 Å². The Balaban J connectivity index is 0.000000153. The van der Waals surface area contributed by atoms with Crippen molar-refractivity contribution < 1.29 is 28.5 Å². The maximum atomic E-state index is 11.9. The predicted molar refractivity (Wildman–Crippen MR) is 435 cm³/mol. The summed E-state index contributed by atoms with van der Waals surface area (Å²) in [5.74, 6) is 5.78. The van der Waals surface area contributed by atoms with Crippen molar-refractivity contribution in [3.8, 4) is 11.1 Å². The second kappa shape index (κ2) is 38.0. The third-order valence-electron chi connectivity index (χ3n) is 25.2. The van der Waals surface area contributed by atoms with Crippen molar-refractivity contribution in [2.24, 2.45) is 11.8 Å². The van der Waals surface area contributed by atoms with E-state index < -0.39 is 9.84 Å². The first-order chi connectivity index (χ1) is 52.2. The van der Waals surface area contributed by atoms with Crippen LogP contribution in [0.25, 0.3) is 27.7 Å². The summed E-state index contributed by atoms with van der Waals surface area (Å²) in [5, 5.41) is 55.6. The van der Waals surface area contributed by atoms with Crippen molar-refractivity contribution >= 4 is 44.2 Å². The van der Waals surface area contributed by atoms with Crippen molar-refractivity contribution in [1.29, 1.82) is 0 Å². The molecule has 0 radical (unpaired) electrons. The van der Waals surface area contributed by atoms with Gasteiger partial charge in [0.25, 0.3) is 0 Å². The summed E-state index contributed by atoms with van der Waals surface area (Å²) in [4.78, 5) is 25.6. The molecule has 9 heterocycles. The molecule has 2 saturated heterocycles. The van der Waals surface area contributed by atoms with Crippen LogP contribution >= 0.6 is 0 Å². The van der Waals surface area contributed by atoms with E-state index in [1.54, 1.807) is 7.11 Å². The third-order valence-corrected chi connectivity index (χ3v) is 26.8. The molecule has 5 aliphatic carbocycles. The number of anilines is 3. The summed E-state index contributed by atoms with van der Waals surface area (Å²) >= 11 is 0. The van der Waals surface area contributed by atoms with E-state index in [9.17, 15) is 23.7 Å². The van der Waals surface area contributed by atoms with E-state index >= 15 is 0 Å². The van der Waals surface area contributed by atoms with E-state index in [1.807, 2.05) is 43.0 Å². The number of allylic oxidation sites excluding steroid dienone is 2. The van der Waals surface area contributed by atoms with Crippen LogP contribution in [-0.2, 0) is 14.6 Å². The molecular weight excluding hydrogens is 1370 g/mol. The predicted octanol–water partition coefficient (Wildman–Crippen LogP) is 15.4. The fourth-order valence-electron chi connectivity index (χ4n) is 18.5. The van der Waals surface area contributed by atoms with Crippen molar-refractivity contribution in [3.63, 3.8) is 0 Å². The number of aryl methyl sites for hydroxylation is 1. The van der Waals surface area contributed by atoms with Gasteiger partial charge >= 0.3 is 0 Å². The largest absolute Gasteiger partial charge is 0.393 e. The molecule has 6 N–H and O–H groups in total. The van der Waals surface area contributed by atoms with Gasteiger partial charge < -0.3 is 50.7 Å². The molecule has 7 aromatic rings. The van der Waals surface area contributed by atoms with Gasteiger partial charge in [-0.2, -0.15) is 0 Å². The summed E-state index contributed by atoms with van der Waals surface area (Å²) in [6, 6.07) is 12.0. The van der Waals surface area contributed by atoms with E-state index in [0.29, 0.717) is 85.1 Å². The SMILES string of the molecule is C=C(C1CCC(c2cc(C3CCC(O)CC3)n3nc(N[C@@H](C)CCCCC)ncc23)CC1)N1CCN(C)CC1.C=C(C1CCC(c2cc(C3CCC(O)CC3)n3nc(N[C@@H](C)CCCCC)ncc23)CC1)N1CCS(=O)(=O)CC1.COC[C@H](C)Nc1ncc2c(-c3ccnc(C)c3)cc(C3CCC(O)CC3)n2n1. The number of unbranched alkanes of at least 4 members (excludes halogenated alkanes) is 4. The lowest BCUT2D eigenvalue weighted by Crippen LogP contribution is -2.45. The van der Waals surface area contributed by atoms with Gasteiger partial charge in [-0.25, -0.2) is 36.9 Å². The Morgan fingerprint density at radius 2 is 0.898 bits per heavy atom. The van der Waals surface area contributed by atoms with Crippen LogP contribution in [0.15, 0.2) is 79.7 Å². The molecule has 108 heavy (non-hydrogen) atoms. The first-order valence-corrected chi connectivity index (χ1v) is 43.7. The van der Waals surface area contributed by atoms with Crippen LogP contribution in [0.1, 0.15) is 278 Å². The summed E-state index contributed by atoms with van der Waals surface area (Å²) in [7, 11) is 1.02. The van der Waals surface area contributed by atoms with Gasteiger partial charge in [-0.3, -0.25) is 4.98 Å². The molecule has 7 aliphatic rings. The Morgan fingerprint density at radius 3 is 1.31 bits per heavy atom. The number of aliphatic hydroxyl groups excluding tert-OH is 3. The molecule has 2 aliphatic heterocycles. The number of hydrogen-bond acceptors (Lipinski definition) is 19. The molecule has 0 unspecified atom stereocenters. The lowest BCUT2D eigenvalue weighted by atomic mass is 9.77.